The fourth-order valence-corrected chi connectivity index (χ4v) is 12.6. The number of nitrogens with two attached hydrogens (primary N) is 1. The van der Waals surface area contributed by atoms with Gasteiger partial charge in [0.1, 0.15) is 17.0 Å². The SMILES string of the molecule is Cc1ncsc1-c1ccc([C@H](C)NC(=O)[C@@H]2C[C@@H](O)CN2C(=O)[C@@H](NC(=O)CCCCCCNC(=O)[C@H]2CCN(CC[C@H](CSc3ccccc3)Nc3ccc(S(N)(=O)=O)cc3S(=O)(=O)C(F)(F)F)C2)C(C)(C)C)cc1. The molecule has 24 heteroatoms. The van der Waals surface area contributed by atoms with Crippen LogP contribution in [0.5, 0.6) is 0 Å². The monoisotopic (exact) mass is 1130 g/mol. The lowest BCUT2D eigenvalue weighted by Crippen LogP contribution is -2.57. The summed E-state index contributed by atoms with van der Waals surface area (Å²) in [6.45, 7) is 11.1. The molecule has 2 aliphatic heterocycles. The largest absolute Gasteiger partial charge is 0.501 e. The summed E-state index contributed by atoms with van der Waals surface area (Å²) in [5.41, 5.74) is -2.21. The number of anilines is 1. The number of hydrogen-bond donors (Lipinski definition) is 6. The lowest BCUT2D eigenvalue weighted by atomic mass is 9.85. The number of hydrogen-bond acceptors (Lipinski definition) is 14. The molecule has 7 N–H and O–H groups in total. The number of thioether (sulfide) groups is 1. The fraction of sp³-hybridized carbons (Fsp3) is 0.519. The fourth-order valence-electron chi connectivity index (χ4n) is 9.23. The van der Waals surface area contributed by atoms with Gasteiger partial charge in [-0.05, 0) is 92.9 Å². The van der Waals surface area contributed by atoms with Gasteiger partial charge in [0, 0.05) is 55.7 Å². The first kappa shape index (κ1) is 60.1. The number of thiazole rings is 1. The molecule has 4 amide bonds. The average molecular weight is 1140 g/mol. The Bertz CT molecular complexity index is 2870. The number of aromatic nitrogens is 1. The van der Waals surface area contributed by atoms with Crippen LogP contribution in [-0.4, -0.2) is 129 Å². The van der Waals surface area contributed by atoms with Gasteiger partial charge in [-0.1, -0.05) is 76.1 Å². The van der Waals surface area contributed by atoms with Crippen LogP contribution in [0.15, 0.2) is 93.0 Å². The number of rotatable bonds is 24. The van der Waals surface area contributed by atoms with Gasteiger partial charge in [-0.3, -0.25) is 19.2 Å². The normalized spacial score (nSPS) is 18.7. The molecule has 0 saturated carbocycles. The van der Waals surface area contributed by atoms with E-state index in [0.29, 0.717) is 70.1 Å². The summed E-state index contributed by atoms with van der Waals surface area (Å²) in [4.78, 5) is 62.0. The van der Waals surface area contributed by atoms with E-state index in [0.717, 1.165) is 45.1 Å². The zero-order valence-electron chi connectivity index (χ0n) is 43.3. The third kappa shape index (κ3) is 16.2. The zero-order valence-corrected chi connectivity index (χ0v) is 46.5. The summed E-state index contributed by atoms with van der Waals surface area (Å²) in [5.74, 6) is -1.25. The average Bonchev–Trinajstić information content (AvgIpc) is 4.13. The number of carbonyl (C=O) groups is 4. The van der Waals surface area contributed by atoms with E-state index in [2.05, 4.69) is 31.2 Å². The number of benzene rings is 3. The van der Waals surface area contributed by atoms with Gasteiger partial charge in [-0.15, -0.1) is 23.1 Å². The number of unbranched alkanes of at least 4 members (excludes halogenated alkanes) is 3. The number of nitrogens with zero attached hydrogens (tertiary/aromatic N) is 3. The Hall–Kier alpha value is -5.11. The molecule has 0 radical (unpaired) electrons. The zero-order chi connectivity index (χ0) is 55.6. The van der Waals surface area contributed by atoms with Crippen LogP contribution >= 0.6 is 23.1 Å². The number of aliphatic hydroxyl groups excluding tert-OH is 1. The van der Waals surface area contributed by atoms with Crippen LogP contribution < -0.4 is 26.4 Å². The number of amides is 4. The van der Waals surface area contributed by atoms with Gasteiger partial charge in [0.25, 0.3) is 9.84 Å². The van der Waals surface area contributed by atoms with Crippen molar-refractivity contribution in [1.82, 2.24) is 30.7 Å². The lowest BCUT2D eigenvalue weighted by molar-refractivity contribution is -0.144. The minimum Gasteiger partial charge on any atom is -0.391 e. The van der Waals surface area contributed by atoms with E-state index in [1.165, 1.54) is 16.7 Å². The molecule has 0 spiro atoms. The first-order valence-corrected chi connectivity index (χ1v) is 30.1. The highest BCUT2D eigenvalue weighted by Crippen LogP contribution is 2.37. The van der Waals surface area contributed by atoms with Crippen LogP contribution in [0.1, 0.15) is 96.4 Å². The number of alkyl halides is 3. The topological polar surface area (TPSA) is 250 Å². The van der Waals surface area contributed by atoms with Crippen molar-refractivity contribution in [2.24, 2.45) is 16.5 Å². The minimum atomic E-state index is -5.99. The first-order valence-electron chi connectivity index (χ1n) is 25.2. The molecule has 6 rings (SSSR count). The molecule has 4 aromatic rings. The number of carbonyl (C=O) groups excluding carboxylic acids is 4. The molecule has 1 aromatic heterocycles. The molecular weight excluding hydrogens is 1070 g/mol. The maximum Gasteiger partial charge on any atom is 0.501 e. The molecule has 6 atom stereocenters. The van der Waals surface area contributed by atoms with E-state index in [9.17, 15) is 54.3 Å². The summed E-state index contributed by atoms with van der Waals surface area (Å²) >= 11 is 2.96. The second-order valence-electron chi connectivity index (χ2n) is 20.5. The van der Waals surface area contributed by atoms with Crippen molar-refractivity contribution in [2.45, 2.75) is 136 Å². The predicted octanol–water partition coefficient (Wildman–Crippen LogP) is 6.78. The Morgan fingerprint density at radius 3 is 2.26 bits per heavy atom. The molecule has 76 heavy (non-hydrogen) atoms. The van der Waals surface area contributed by atoms with Crippen molar-refractivity contribution < 1.29 is 54.3 Å². The molecule has 0 bridgehead atoms. The lowest BCUT2D eigenvalue weighted by Gasteiger charge is -2.35. The maximum absolute atomic E-state index is 14.1. The highest BCUT2D eigenvalue weighted by atomic mass is 32.2. The van der Waals surface area contributed by atoms with E-state index >= 15 is 0 Å². The number of nitrogens with one attached hydrogen (secondary N) is 4. The van der Waals surface area contributed by atoms with E-state index in [-0.39, 0.29) is 43.2 Å². The number of aliphatic hydroxyl groups is 1. The van der Waals surface area contributed by atoms with Crippen LogP contribution in [0.3, 0.4) is 0 Å². The Balaban J connectivity index is 0.930. The van der Waals surface area contributed by atoms with E-state index < -0.39 is 82.3 Å². The minimum absolute atomic E-state index is 0.0393. The Kier molecular flexibility index (Phi) is 20.6. The van der Waals surface area contributed by atoms with Crippen LogP contribution in [-0.2, 0) is 39.0 Å². The Morgan fingerprint density at radius 1 is 0.921 bits per heavy atom. The Morgan fingerprint density at radius 2 is 1.62 bits per heavy atom. The summed E-state index contributed by atoms with van der Waals surface area (Å²) in [6.07, 6.45) is 2.88. The maximum atomic E-state index is 14.1. The number of aryl methyl sites for hydroxylation is 1. The van der Waals surface area contributed by atoms with E-state index in [1.807, 2.05) is 89.2 Å². The summed E-state index contributed by atoms with van der Waals surface area (Å²) < 4.78 is 90.8. The number of sulfonamides is 1. The highest BCUT2D eigenvalue weighted by Gasteiger charge is 2.49. The second kappa shape index (κ2) is 26.0. The molecule has 2 fully saturated rings. The molecule has 0 aliphatic carbocycles. The first-order chi connectivity index (χ1) is 35.7. The van der Waals surface area contributed by atoms with Gasteiger partial charge in [0.15, 0.2) is 0 Å². The van der Waals surface area contributed by atoms with Gasteiger partial charge in [-0.2, -0.15) is 13.2 Å². The number of sulfone groups is 1. The summed E-state index contributed by atoms with van der Waals surface area (Å²) in [7, 11) is -10.5. The number of β-amino-alcohol motifs (C(OH)–C–C–N with tert-alkyl or cyclic N) is 1. The third-order valence-corrected chi connectivity index (χ3v) is 18.1. The second-order valence-corrected chi connectivity index (χ2v) is 25.9. The van der Waals surface area contributed by atoms with Crippen molar-refractivity contribution in [3.05, 3.63) is 89.6 Å². The van der Waals surface area contributed by atoms with Gasteiger partial charge < -0.3 is 36.2 Å². The molecular formula is C52H69F3N8O9S4. The van der Waals surface area contributed by atoms with Crippen molar-refractivity contribution in [3.63, 3.8) is 0 Å². The van der Waals surface area contributed by atoms with Crippen LogP contribution in [0.2, 0.25) is 0 Å². The highest BCUT2D eigenvalue weighted by molar-refractivity contribution is 7.99. The predicted molar refractivity (Wildman–Crippen MR) is 287 cm³/mol. The van der Waals surface area contributed by atoms with Gasteiger partial charge >= 0.3 is 5.51 Å². The van der Waals surface area contributed by atoms with E-state index in [4.69, 9.17) is 5.14 Å². The smallest absolute Gasteiger partial charge is 0.391 e. The molecule has 416 valence electrons. The molecule has 2 aliphatic rings. The Labute approximate surface area is 451 Å². The van der Waals surface area contributed by atoms with Gasteiger partial charge in [0.2, 0.25) is 33.7 Å². The van der Waals surface area contributed by atoms with Crippen molar-refractivity contribution in [2.75, 3.05) is 43.8 Å². The van der Waals surface area contributed by atoms with Crippen LogP contribution in [0.4, 0.5) is 18.9 Å². The third-order valence-electron chi connectivity index (χ3n) is 13.6. The molecule has 2 saturated heterocycles. The van der Waals surface area contributed by atoms with Crippen molar-refractivity contribution in [3.8, 4) is 10.4 Å². The molecule has 17 nitrogen and oxygen atoms in total. The molecule has 3 aromatic carbocycles. The van der Waals surface area contributed by atoms with Crippen LogP contribution in [0, 0.1) is 18.3 Å². The number of primary sulfonamides is 1. The van der Waals surface area contributed by atoms with Gasteiger partial charge in [-0.25, -0.2) is 27.0 Å². The van der Waals surface area contributed by atoms with Crippen LogP contribution in [0.25, 0.3) is 10.4 Å². The summed E-state index contributed by atoms with van der Waals surface area (Å²) in [5, 5.41) is 27.7. The van der Waals surface area contributed by atoms with Crippen molar-refractivity contribution >= 4 is 72.3 Å². The van der Waals surface area contributed by atoms with E-state index in [1.54, 1.807) is 16.8 Å². The quantitative estimate of drug-likeness (QED) is 0.0313. The summed E-state index contributed by atoms with van der Waals surface area (Å²) in [6, 6.07) is 16.5. The molecule has 0 unspecified atom stereocenters. The van der Waals surface area contributed by atoms with Gasteiger partial charge in [0.05, 0.1) is 44.7 Å². The van der Waals surface area contributed by atoms with Crippen molar-refractivity contribution in [1.29, 1.82) is 0 Å². The standard InChI is InChI=1S/C52H69F3N8O9S4/c1-33(35-16-18-36(19-17-35)46-34(2)58-32-74-46)59-49(67)43-27-39(64)30-63(43)50(68)47(51(3,4)5)61-45(65)15-11-6-7-12-24-57-48(66)37-22-25-62(29-37)26-23-38(31-73-40-13-9-8-10-14-40)60-42-21-20-41(76(56,71)72)28-44(42)75(69,70)52(53,54)55/h8-10,13-14,16-21,28,32-33,37-39,43,47,60,64H,6-7,11-12,15,22-27,29-31H2,1-5H3,(H,57,66)(H,59,67)(H,61,65)(H2,56,71,72)/t33-,37-,38+,39+,43-,47+/m0/s1. The molecule has 3 heterocycles. The number of halogens is 3. The number of likely N-dealkylation sites (tertiary alicyclic amines) is 2.